The Balaban J connectivity index is 1.98. The average molecular weight is 281 g/mol. The largest absolute Gasteiger partial charge is 0.313 e. The van der Waals surface area contributed by atoms with Gasteiger partial charge in [0.1, 0.15) is 0 Å². The SMILES string of the molecule is CCNC(Cc1ccn(C(C)C)n1)C1CCCCS1. The summed E-state index contributed by atoms with van der Waals surface area (Å²) >= 11 is 2.15. The molecule has 0 amide bonds. The molecule has 2 heterocycles. The summed E-state index contributed by atoms with van der Waals surface area (Å²) in [5.41, 5.74) is 1.23. The molecule has 2 unspecified atom stereocenters. The molecule has 1 aromatic heterocycles. The highest BCUT2D eigenvalue weighted by Crippen LogP contribution is 2.28. The van der Waals surface area contributed by atoms with Crippen molar-refractivity contribution in [2.75, 3.05) is 12.3 Å². The minimum absolute atomic E-state index is 0.454. The monoisotopic (exact) mass is 281 g/mol. The van der Waals surface area contributed by atoms with Crippen molar-refractivity contribution in [2.24, 2.45) is 0 Å². The topological polar surface area (TPSA) is 29.9 Å². The Bertz CT molecular complexity index is 369. The number of likely N-dealkylation sites (N-methyl/N-ethyl adjacent to an activating group) is 1. The molecule has 108 valence electrons. The quantitative estimate of drug-likeness (QED) is 0.868. The molecule has 1 aliphatic rings. The summed E-state index contributed by atoms with van der Waals surface area (Å²) in [6.45, 7) is 7.60. The highest BCUT2D eigenvalue weighted by molar-refractivity contribution is 8.00. The van der Waals surface area contributed by atoms with Crippen molar-refractivity contribution in [3.05, 3.63) is 18.0 Å². The van der Waals surface area contributed by atoms with Gasteiger partial charge >= 0.3 is 0 Å². The van der Waals surface area contributed by atoms with E-state index in [1.807, 2.05) is 0 Å². The van der Waals surface area contributed by atoms with Crippen molar-refractivity contribution < 1.29 is 0 Å². The van der Waals surface area contributed by atoms with Crippen LogP contribution in [-0.4, -0.2) is 33.4 Å². The molecule has 1 fully saturated rings. The predicted molar refractivity (Wildman–Crippen MR) is 83.9 cm³/mol. The van der Waals surface area contributed by atoms with Gasteiger partial charge in [-0.05, 0) is 45.1 Å². The lowest BCUT2D eigenvalue weighted by Gasteiger charge is -2.30. The molecule has 0 aliphatic carbocycles. The summed E-state index contributed by atoms with van der Waals surface area (Å²) < 4.78 is 2.06. The van der Waals surface area contributed by atoms with Crippen LogP contribution in [0.15, 0.2) is 12.3 Å². The van der Waals surface area contributed by atoms with Crippen molar-refractivity contribution in [3.63, 3.8) is 0 Å². The third-order valence-electron chi connectivity index (χ3n) is 3.75. The normalized spacial score (nSPS) is 21.8. The first kappa shape index (κ1) is 14.9. The second kappa shape index (κ2) is 7.34. The van der Waals surface area contributed by atoms with Crippen molar-refractivity contribution in [2.45, 2.75) is 63.8 Å². The third kappa shape index (κ3) is 4.25. The molecule has 4 heteroatoms. The second-order valence-electron chi connectivity index (χ2n) is 5.65. The van der Waals surface area contributed by atoms with E-state index in [1.165, 1.54) is 30.7 Å². The maximum atomic E-state index is 4.69. The van der Waals surface area contributed by atoms with Crippen LogP contribution in [-0.2, 0) is 6.42 Å². The van der Waals surface area contributed by atoms with Crippen LogP contribution in [0.2, 0.25) is 0 Å². The van der Waals surface area contributed by atoms with Crippen LogP contribution in [0.25, 0.3) is 0 Å². The molecule has 0 spiro atoms. The van der Waals surface area contributed by atoms with Gasteiger partial charge in [0.15, 0.2) is 0 Å². The molecule has 1 aromatic rings. The van der Waals surface area contributed by atoms with E-state index in [-0.39, 0.29) is 0 Å². The van der Waals surface area contributed by atoms with Crippen LogP contribution >= 0.6 is 11.8 Å². The van der Waals surface area contributed by atoms with E-state index >= 15 is 0 Å². The predicted octanol–water partition coefficient (Wildman–Crippen LogP) is 3.27. The first-order valence-electron chi connectivity index (χ1n) is 7.59. The summed E-state index contributed by atoms with van der Waals surface area (Å²) in [4.78, 5) is 0. The lowest BCUT2D eigenvalue weighted by molar-refractivity contribution is 0.461. The van der Waals surface area contributed by atoms with Crippen LogP contribution in [0.4, 0.5) is 0 Å². The standard InChI is InChI=1S/C15H27N3S/c1-4-16-14(15-7-5-6-10-19-15)11-13-8-9-18(17-13)12(2)3/h8-9,12,14-16H,4-7,10-11H2,1-3H3. The minimum Gasteiger partial charge on any atom is -0.313 e. The summed E-state index contributed by atoms with van der Waals surface area (Å²) in [5, 5.41) is 9.13. The van der Waals surface area contributed by atoms with E-state index in [0.29, 0.717) is 12.1 Å². The minimum atomic E-state index is 0.454. The summed E-state index contributed by atoms with van der Waals surface area (Å²) in [6.07, 6.45) is 7.30. The van der Waals surface area contributed by atoms with Gasteiger partial charge in [0.2, 0.25) is 0 Å². The second-order valence-corrected chi connectivity index (χ2v) is 7.00. The Morgan fingerprint density at radius 1 is 1.47 bits per heavy atom. The maximum absolute atomic E-state index is 4.69. The molecular formula is C15H27N3S. The van der Waals surface area contributed by atoms with Crippen molar-refractivity contribution in [1.29, 1.82) is 0 Å². The first-order chi connectivity index (χ1) is 9.20. The fourth-order valence-electron chi connectivity index (χ4n) is 2.68. The maximum Gasteiger partial charge on any atom is 0.0640 e. The molecule has 0 radical (unpaired) electrons. The molecule has 19 heavy (non-hydrogen) atoms. The number of nitrogens with zero attached hydrogens (tertiary/aromatic N) is 2. The molecule has 1 saturated heterocycles. The zero-order valence-corrected chi connectivity index (χ0v) is 13.2. The number of hydrogen-bond acceptors (Lipinski definition) is 3. The number of aromatic nitrogens is 2. The highest BCUT2D eigenvalue weighted by Gasteiger charge is 2.24. The van der Waals surface area contributed by atoms with Crippen LogP contribution in [0, 0.1) is 0 Å². The molecule has 0 bridgehead atoms. The zero-order valence-electron chi connectivity index (χ0n) is 12.4. The Kier molecular flexibility index (Phi) is 5.76. The smallest absolute Gasteiger partial charge is 0.0640 e. The third-order valence-corrected chi connectivity index (χ3v) is 5.27. The lowest BCUT2D eigenvalue weighted by Crippen LogP contribution is -2.41. The Hall–Kier alpha value is -0.480. The van der Waals surface area contributed by atoms with Crippen molar-refractivity contribution >= 4 is 11.8 Å². The Labute approximate surface area is 121 Å². The molecule has 3 nitrogen and oxygen atoms in total. The van der Waals surface area contributed by atoms with E-state index in [0.717, 1.165) is 18.2 Å². The van der Waals surface area contributed by atoms with E-state index in [2.05, 4.69) is 54.8 Å². The van der Waals surface area contributed by atoms with Crippen LogP contribution in [0.5, 0.6) is 0 Å². The van der Waals surface area contributed by atoms with E-state index in [4.69, 9.17) is 5.10 Å². The molecule has 2 rings (SSSR count). The van der Waals surface area contributed by atoms with Crippen molar-refractivity contribution in [3.8, 4) is 0 Å². The van der Waals surface area contributed by atoms with Gasteiger partial charge in [-0.15, -0.1) is 0 Å². The summed E-state index contributed by atoms with van der Waals surface area (Å²) in [6, 6.07) is 3.21. The van der Waals surface area contributed by atoms with Crippen LogP contribution in [0.3, 0.4) is 0 Å². The van der Waals surface area contributed by atoms with E-state index < -0.39 is 0 Å². The fourth-order valence-corrected chi connectivity index (χ4v) is 4.11. The number of thioether (sulfide) groups is 1. The van der Waals surface area contributed by atoms with E-state index in [1.54, 1.807) is 0 Å². The van der Waals surface area contributed by atoms with Gasteiger partial charge in [-0.25, -0.2) is 0 Å². The Morgan fingerprint density at radius 3 is 2.89 bits per heavy atom. The van der Waals surface area contributed by atoms with Crippen LogP contribution in [0.1, 0.15) is 51.8 Å². The molecule has 0 saturated carbocycles. The van der Waals surface area contributed by atoms with Gasteiger partial charge in [0.25, 0.3) is 0 Å². The zero-order chi connectivity index (χ0) is 13.7. The molecule has 1 aliphatic heterocycles. The number of rotatable bonds is 6. The molecular weight excluding hydrogens is 254 g/mol. The molecule has 2 atom stereocenters. The molecule has 0 aromatic carbocycles. The van der Waals surface area contributed by atoms with Gasteiger partial charge in [-0.2, -0.15) is 16.9 Å². The number of hydrogen-bond donors (Lipinski definition) is 1. The van der Waals surface area contributed by atoms with Crippen molar-refractivity contribution in [1.82, 2.24) is 15.1 Å². The van der Waals surface area contributed by atoms with Gasteiger partial charge in [-0.3, -0.25) is 4.68 Å². The van der Waals surface area contributed by atoms with Gasteiger partial charge in [0, 0.05) is 30.0 Å². The first-order valence-corrected chi connectivity index (χ1v) is 8.64. The lowest BCUT2D eigenvalue weighted by atomic mass is 10.0. The summed E-state index contributed by atoms with van der Waals surface area (Å²) in [7, 11) is 0. The summed E-state index contributed by atoms with van der Waals surface area (Å²) in [5.74, 6) is 1.33. The fraction of sp³-hybridized carbons (Fsp3) is 0.800. The van der Waals surface area contributed by atoms with Gasteiger partial charge in [-0.1, -0.05) is 13.3 Å². The van der Waals surface area contributed by atoms with Gasteiger partial charge in [0.05, 0.1) is 5.69 Å². The van der Waals surface area contributed by atoms with Gasteiger partial charge < -0.3 is 5.32 Å². The highest BCUT2D eigenvalue weighted by atomic mass is 32.2. The van der Waals surface area contributed by atoms with E-state index in [9.17, 15) is 0 Å². The molecule has 1 N–H and O–H groups in total. The number of nitrogens with one attached hydrogen (secondary N) is 1. The average Bonchev–Trinajstić information content (AvgIpc) is 2.88. The van der Waals surface area contributed by atoms with Crippen LogP contribution < -0.4 is 5.32 Å². The Morgan fingerprint density at radius 2 is 2.32 bits per heavy atom.